The van der Waals surface area contributed by atoms with Gasteiger partial charge >= 0.3 is 0 Å². The van der Waals surface area contributed by atoms with Crippen LogP contribution in [0.15, 0.2) is 35.9 Å². The van der Waals surface area contributed by atoms with Crippen molar-refractivity contribution in [2.45, 2.75) is 33.4 Å². The molecule has 1 fully saturated rings. The summed E-state index contributed by atoms with van der Waals surface area (Å²) in [5.74, 6) is -0.156. The van der Waals surface area contributed by atoms with Crippen LogP contribution in [0.4, 0.5) is 10.1 Å². The van der Waals surface area contributed by atoms with Crippen LogP contribution in [0.2, 0.25) is 0 Å². The molecule has 1 aromatic carbocycles. The number of alkyl halides is 1. The highest BCUT2D eigenvalue weighted by Crippen LogP contribution is 2.33. The molecule has 0 heterocycles. The van der Waals surface area contributed by atoms with E-state index in [0.29, 0.717) is 30.5 Å². The van der Waals surface area contributed by atoms with Crippen molar-refractivity contribution in [3.63, 3.8) is 0 Å². The van der Waals surface area contributed by atoms with Gasteiger partial charge < -0.3 is 5.32 Å². The molecule has 0 radical (unpaired) electrons. The first-order valence-electron chi connectivity index (χ1n) is 7.07. The maximum atomic E-state index is 12.4. The lowest BCUT2D eigenvalue weighted by Crippen LogP contribution is -2.31. The Hall–Kier alpha value is -1.97. The number of ketones is 2. The van der Waals surface area contributed by atoms with Crippen molar-refractivity contribution in [2.24, 2.45) is 5.41 Å². The second-order valence-electron chi connectivity index (χ2n) is 6.19. The van der Waals surface area contributed by atoms with Crippen LogP contribution in [-0.4, -0.2) is 18.1 Å². The second kappa shape index (κ2) is 6.20. The molecule has 0 unspecified atom stereocenters. The molecule has 3 nitrogen and oxygen atoms in total. The van der Waals surface area contributed by atoms with Gasteiger partial charge in [-0.2, -0.15) is 0 Å². The van der Waals surface area contributed by atoms with Crippen LogP contribution in [-0.2, 0) is 16.3 Å². The van der Waals surface area contributed by atoms with Gasteiger partial charge in [-0.1, -0.05) is 32.1 Å². The van der Waals surface area contributed by atoms with Crippen molar-refractivity contribution in [2.75, 3.05) is 11.9 Å². The molecule has 0 bridgehead atoms. The van der Waals surface area contributed by atoms with Crippen molar-refractivity contribution >= 4 is 17.3 Å². The highest BCUT2D eigenvalue weighted by Gasteiger charge is 2.35. The summed E-state index contributed by atoms with van der Waals surface area (Å²) >= 11 is 0. The average molecular weight is 289 g/mol. The van der Waals surface area contributed by atoms with E-state index in [2.05, 4.69) is 5.32 Å². The zero-order chi connectivity index (χ0) is 15.5. The maximum Gasteiger partial charge on any atom is 0.166 e. The summed E-state index contributed by atoms with van der Waals surface area (Å²) in [6, 6.07) is 6.96. The van der Waals surface area contributed by atoms with E-state index in [1.54, 1.807) is 30.3 Å². The SMILES string of the molecule is CC1(C)CC(=O)C(=CCNc2ccc(CF)cc2)C(=O)C1. The van der Waals surface area contributed by atoms with E-state index >= 15 is 0 Å². The highest BCUT2D eigenvalue weighted by atomic mass is 19.1. The average Bonchev–Trinajstić information content (AvgIpc) is 2.41. The van der Waals surface area contributed by atoms with Gasteiger partial charge in [0.25, 0.3) is 0 Å². The number of benzene rings is 1. The summed E-state index contributed by atoms with van der Waals surface area (Å²) in [5, 5.41) is 3.10. The molecule has 0 aliphatic heterocycles. The first kappa shape index (κ1) is 15.4. The first-order valence-corrected chi connectivity index (χ1v) is 7.07. The van der Waals surface area contributed by atoms with Crippen molar-refractivity contribution in [1.29, 1.82) is 0 Å². The van der Waals surface area contributed by atoms with Crippen LogP contribution in [0.25, 0.3) is 0 Å². The summed E-state index contributed by atoms with van der Waals surface area (Å²) in [5.41, 5.74) is 1.53. The number of carbonyl (C=O) groups excluding carboxylic acids is 2. The molecule has 4 heteroatoms. The standard InChI is InChI=1S/C17H20FNO2/c1-17(2)9-15(20)14(16(21)10-17)7-8-19-13-5-3-12(11-18)4-6-13/h3-7,19H,8-11H2,1-2H3. The summed E-state index contributed by atoms with van der Waals surface area (Å²) in [6.07, 6.45) is 2.48. The molecule has 0 spiro atoms. The van der Waals surface area contributed by atoms with E-state index < -0.39 is 6.67 Å². The van der Waals surface area contributed by atoms with Gasteiger partial charge in [-0.25, -0.2) is 4.39 Å². The highest BCUT2D eigenvalue weighted by molar-refractivity contribution is 6.22. The molecule has 0 amide bonds. The summed E-state index contributed by atoms with van der Waals surface area (Å²) in [7, 11) is 0. The van der Waals surface area contributed by atoms with Crippen LogP contribution in [0, 0.1) is 5.41 Å². The molecule has 112 valence electrons. The van der Waals surface area contributed by atoms with E-state index in [4.69, 9.17) is 0 Å². The second-order valence-corrected chi connectivity index (χ2v) is 6.19. The quantitative estimate of drug-likeness (QED) is 0.682. The van der Waals surface area contributed by atoms with Gasteiger partial charge in [-0.05, 0) is 23.1 Å². The predicted molar refractivity (Wildman–Crippen MR) is 80.9 cm³/mol. The van der Waals surface area contributed by atoms with E-state index in [9.17, 15) is 14.0 Å². The fourth-order valence-corrected chi connectivity index (χ4v) is 2.49. The first-order chi connectivity index (χ1) is 9.91. The van der Waals surface area contributed by atoms with Crippen molar-refractivity contribution in [3.8, 4) is 0 Å². The van der Waals surface area contributed by atoms with Crippen LogP contribution >= 0.6 is 0 Å². The molecule has 0 atom stereocenters. The molecule has 1 aliphatic carbocycles. The van der Waals surface area contributed by atoms with Crippen LogP contribution in [0.1, 0.15) is 32.3 Å². The van der Waals surface area contributed by atoms with E-state index in [-0.39, 0.29) is 17.0 Å². The zero-order valence-electron chi connectivity index (χ0n) is 12.4. The number of nitrogens with one attached hydrogen (secondary N) is 1. The zero-order valence-corrected chi connectivity index (χ0v) is 12.4. The smallest absolute Gasteiger partial charge is 0.166 e. The molecule has 1 aliphatic rings. The molecule has 1 aromatic rings. The Balaban J connectivity index is 1.97. The topological polar surface area (TPSA) is 46.2 Å². The van der Waals surface area contributed by atoms with E-state index in [1.165, 1.54) is 0 Å². The van der Waals surface area contributed by atoms with Gasteiger partial charge in [0.2, 0.25) is 0 Å². The fourth-order valence-electron chi connectivity index (χ4n) is 2.49. The Morgan fingerprint density at radius 3 is 2.24 bits per heavy atom. The van der Waals surface area contributed by atoms with Crippen LogP contribution < -0.4 is 5.32 Å². The monoisotopic (exact) mass is 289 g/mol. The normalized spacial score (nSPS) is 17.8. The van der Waals surface area contributed by atoms with Crippen molar-refractivity contribution in [3.05, 3.63) is 41.5 Å². The number of hydrogen-bond donors (Lipinski definition) is 1. The minimum absolute atomic E-state index is 0.0779. The molecule has 0 saturated heterocycles. The van der Waals surface area contributed by atoms with Crippen molar-refractivity contribution < 1.29 is 14.0 Å². The summed E-state index contributed by atoms with van der Waals surface area (Å²) in [6.45, 7) is 3.79. The molecular formula is C17H20FNO2. The Labute approximate surface area is 124 Å². The molecule has 2 rings (SSSR count). The lowest BCUT2D eigenvalue weighted by atomic mass is 9.74. The third kappa shape index (κ3) is 4.00. The number of allylic oxidation sites excluding steroid dienone is 1. The Bertz CT molecular complexity index is 551. The third-order valence-corrected chi connectivity index (χ3v) is 3.60. The van der Waals surface area contributed by atoms with Gasteiger partial charge in [-0.15, -0.1) is 0 Å². The maximum absolute atomic E-state index is 12.4. The van der Waals surface area contributed by atoms with Gasteiger partial charge in [0.05, 0.1) is 5.57 Å². The number of rotatable bonds is 4. The molecule has 21 heavy (non-hydrogen) atoms. The lowest BCUT2D eigenvalue weighted by molar-refractivity contribution is -0.127. The largest absolute Gasteiger partial charge is 0.382 e. The van der Waals surface area contributed by atoms with Gasteiger partial charge in [0.1, 0.15) is 6.67 Å². The predicted octanol–water partition coefficient (Wildman–Crippen LogP) is 3.45. The van der Waals surface area contributed by atoms with Crippen molar-refractivity contribution in [1.82, 2.24) is 0 Å². The van der Waals surface area contributed by atoms with Crippen LogP contribution in [0.5, 0.6) is 0 Å². The number of halogens is 1. The molecule has 1 N–H and O–H groups in total. The summed E-state index contributed by atoms with van der Waals surface area (Å²) < 4.78 is 12.4. The van der Waals surface area contributed by atoms with E-state index in [0.717, 1.165) is 5.69 Å². The van der Waals surface area contributed by atoms with E-state index in [1.807, 2.05) is 13.8 Å². The number of hydrogen-bond acceptors (Lipinski definition) is 3. The molecular weight excluding hydrogens is 269 g/mol. The Morgan fingerprint density at radius 1 is 1.14 bits per heavy atom. The number of carbonyl (C=O) groups is 2. The van der Waals surface area contributed by atoms with Gasteiger partial charge in [0, 0.05) is 25.1 Å². The van der Waals surface area contributed by atoms with Gasteiger partial charge in [-0.3, -0.25) is 9.59 Å². The number of anilines is 1. The molecule has 0 aromatic heterocycles. The third-order valence-electron chi connectivity index (χ3n) is 3.60. The Kier molecular flexibility index (Phi) is 4.56. The molecule has 1 saturated carbocycles. The van der Waals surface area contributed by atoms with Crippen LogP contribution in [0.3, 0.4) is 0 Å². The number of Topliss-reactive ketones (excluding diaryl/α,β-unsaturated/α-hetero) is 2. The minimum Gasteiger partial charge on any atom is -0.382 e. The fraction of sp³-hybridized carbons (Fsp3) is 0.412. The summed E-state index contributed by atoms with van der Waals surface area (Å²) in [4.78, 5) is 24.0. The minimum atomic E-state index is -0.483. The Morgan fingerprint density at radius 2 is 1.71 bits per heavy atom. The van der Waals surface area contributed by atoms with Gasteiger partial charge in [0.15, 0.2) is 11.6 Å². The lowest BCUT2D eigenvalue weighted by Gasteiger charge is -2.28.